The minimum absolute atomic E-state index is 0.0113. The number of hydrogen-bond acceptors (Lipinski definition) is 9. The van der Waals surface area contributed by atoms with Gasteiger partial charge in [-0.15, -0.1) is 0 Å². The SMILES string of the molecule is CC(C)(C)OC(=O)N1CC2(CNC(=O)c3c2[nH]c2c3CCc3cnc(-c4cccc(F)c4)nc3-2)C1.Cn1c2c(c3c1C1(CNC1)CNC3=O)CCc1cnc(-c3cccc(F)c3)nc1-2. The Bertz CT molecular complexity index is 2980. The molecule has 0 radical (unpaired) electrons. The van der Waals surface area contributed by atoms with E-state index >= 15 is 0 Å². The molecule has 4 N–H and O–H groups in total. The molecule has 2 fully saturated rings. The number of nitrogens with one attached hydrogen (secondary N) is 4. The minimum atomic E-state index is -0.569. The summed E-state index contributed by atoms with van der Waals surface area (Å²) in [4.78, 5) is 62.1. The van der Waals surface area contributed by atoms with Crippen LogP contribution in [0.5, 0.6) is 0 Å². The Morgan fingerprint density at radius 2 is 1.33 bits per heavy atom. The van der Waals surface area contributed by atoms with Gasteiger partial charge in [0.2, 0.25) is 0 Å². The second kappa shape index (κ2) is 14.4. The molecule has 2 spiro atoms. The molecule has 6 aliphatic rings. The van der Waals surface area contributed by atoms with E-state index in [4.69, 9.17) is 14.7 Å². The molecule has 2 aromatic carbocycles. The number of H-pyrrole nitrogens is 1. The zero-order valence-corrected chi connectivity index (χ0v) is 35.9. The number of aromatic amines is 1. The molecule has 14 nitrogen and oxygen atoms in total. The lowest BCUT2D eigenvalue weighted by molar-refractivity contribution is -0.0113. The fourth-order valence-electron chi connectivity index (χ4n) is 10.4. The van der Waals surface area contributed by atoms with Gasteiger partial charge in [0, 0.05) is 81.2 Å². The van der Waals surface area contributed by atoms with Gasteiger partial charge in [-0.3, -0.25) is 9.59 Å². The summed E-state index contributed by atoms with van der Waals surface area (Å²) in [6.07, 6.45) is 6.27. The lowest BCUT2D eigenvalue weighted by atomic mass is 9.72. The predicted molar refractivity (Wildman–Crippen MR) is 233 cm³/mol. The number of carbonyl (C=O) groups is 3. The number of aromatic nitrogens is 6. The maximum absolute atomic E-state index is 13.8. The van der Waals surface area contributed by atoms with E-state index in [0.29, 0.717) is 67.4 Å². The molecule has 16 heteroatoms. The molecule has 0 bridgehead atoms. The minimum Gasteiger partial charge on any atom is -0.444 e. The number of halogens is 2. The average molecular weight is 865 g/mol. The molecule has 0 saturated carbocycles. The fraction of sp³-hybridized carbons (Fsp3) is 0.354. The topological polar surface area (TPSA) is 172 Å². The van der Waals surface area contributed by atoms with E-state index in [2.05, 4.69) is 35.5 Å². The first kappa shape index (κ1) is 40.0. The standard InChI is InChI=1S/C26H26FN5O3.C22H20FN5O/c1-25(2,3)35-24(34)32-12-26(13-32)11-29-23(33)18-17-8-7-15-10-28-22(14-5-4-6-16(27)9-14)31-19(15)20(17)30-21(18)26;1-28-18-15(16-19(28)22(9-24-10-22)11-26-21(16)29)6-5-13-8-25-20(27-17(13)18)12-3-2-4-14(23)7-12/h4-6,9-10,30H,7-8,11-13H2,1-3H3,(H,29,33);2-4,7-8,24H,5-6,9-11H2,1H3,(H,26,29). The molecule has 2 aliphatic carbocycles. The van der Waals surface area contributed by atoms with E-state index in [1.807, 2.05) is 40.1 Å². The molecule has 0 atom stereocenters. The Kier molecular flexibility index (Phi) is 8.97. The molecule has 0 unspecified atom stereocenters. The molecule has 12 rings (SSSR count). The van der Waals surface area contributed by atoms with Crippen molar-refractivity contribution in [2.24, 2.45) is 7.05 Å². The summed E-state index contributed by atoms with van der Waals surface area (Å²) in [5.41, 5.74) is 11.1. The van der Waals surface area contributed by atoms with Crippen molar-refractivity contribution in [3.8, 4) is 45.6 Å². The van der Waals surface area contributed by atoms with Crippen LogP contribution in [0.4, 0.5) is 13.6 Å². The molecular weight excluding hydrogens is 819 g/mol. The molecule has 6 aromatic rings. The maximum atomic E-state index is 13.8. The highest BCUT2D eigenvalue weighted by molar-refractivity contribution is 6.02. The highest BCUT2D eigenvalue weighted by Gasteiger charge is 2.54. The van der Waals surface area contributed by atoms with Crippen LogP contribution in [0.25, 0.3) is 45.6 Å². The number of amides is 3. The van der Waals surface area contributed by atoms with Crippen LogP contribution in [0.2, 0.25) is 0 Å². The van der Waals surface area contributed by atoms with Gasteiger partial charge >= 0.3 is 6.09 Å². The van der Waals surface area contributed by atoms with Crippen molar-refractivity contribution in [2.75, 3.05) is 39.3 Å². The van der Waals surface area contributed by atoms with E-state index in [1.54, 1.807) is 29.3 Å². The molecular formula is C48H46F2N10O4. The number of benzene rings is 2. The van der Waals surface area contributed by atoms with Crippen molar-refractivity contribution < 1.29 is 27.9 Å². The third-order valence-electron chi connectivity index (χ3n) is 13.5. The predicted octanol–water partition coefficient (Wildman–Crippen LogP) is 5.58. The van der Waals surface area contributed by atoms with Gasteiger partial charge in [-0.1, -0.05) is 24.3 Å². The molecule has 4 aliphatic heterocycles. The van der Waals surface area contributed by atoms with Crippen molar-refractivity contribution in [3.05, 3.63) is 117 Å². The van der Waals surface area contributed by atoms with Gasteiger partial charge in [-0.05, 0) is 93.0 Å². The Hall–Kier alpha value is -6.81. The summed E-state index contributed by atoms with van der Waals surface area (Å²) in [6.45, 7) is 9.28. The van der Waals surface area contributed by atoms with Gasteiger partial charge in [0.15, 0.2) is 11.6 Å². The van der Waals surface area contributed by atoms with E-state index in [-0.39, 0.29) is 35.0 Å². The van der Waals surface area contributed by atoms with Crippen molar-refractivity contribution in [1.82, 2.24) is 50.3 Å². The summed E-state index contributed by atoms with van der Waals surface area (Å²) in [6, 6.07) is 12.5. The van der Waals surface area contributed by atoms with Crippen LogP contribution in [0, 0.1) is 11.6 Å². The van der Waals surface area contributed by atoms with Crippen LogP contribution in [-0.4, -0.2) is 97.2 Å². The Balaban J connectivity index is 0.000000145. The van der Waals surface area contributed by atoms with Crippen molar-refractivity contribution in [3.63, 3.8) is 0 Å². The number of aryl methyl sites for hydroxylation is 2. The van der Waals surface area contributed by atoms with E-state index in [1.165, 1.54) is 24.3 Å². The summed E-state index contributed by atoms with van der Waals surface area (Å²) in [5, 5.41) is 9.49. The van der Waals surface area contributed by atoms with Crippen LogP contribution in [0.3, 0.4) is 0 Å². The zero-order valence-electron chi connectivity index (χ0n) is 35.9. The quantitative estimate of drug-likeness (QED) is 0.174. The van der Waals surface area contributed by atoms with Crippen molar-refractivity contribution >= 4 is 17.9 Å². The van der Waals surface area contributed by atoms with Gasteiger partial charge in [-0.25, -0.2) is 33.5 Å². The van der Waals surface area contributed by atoms with E-state index < -0.39 is 11.0 Å². The number of rotatable bonds is 2. The van der Waals surface area contributed by atoms with Crippen molar-refractivity contribution in [2.45, 2.75) is 62.9 Å². The highest BCUT2D eigenvalue weighted by atomic mass is 19.1. The number of likely N-dealkylation sites (tertiary alicyclic amines) is 1. The summed E-state index contributed by atoms with van der Waals surface area (Å²) < 4.78 is 35.2. The summed E-state index contributed by atoms with van der Waals surface area (Å²) in [5.74, 6) is 0.175. The Morgan fingerprint density at radius 3 is 1.92 bits per heavy atom. The first-order valence-electron chi connectivity index (χ1n) is 21.7. The molecule has 4 aromatic heterocycles. The van der Waals surface area contributed by atoms with Gasteiger partial charge < -0.3 is 35.1 Å². The normalized spacial score (nSPS) is 18.1. The van der Waals surface area contributed by atoms with E-state index in [9.17, 15) is 23.2 Å². The van der Waals surface area contributed by atoms with Gasteiger partial charge in [-0.2, -0.15) is 0 Å². The highest BCUT2D eigenvalue weighted by Crippen LogP contribution is 2.46. The summed E-state index contributed by atoms with van der Waals surface area (Å²) >= 11 is 0. The van der Waals surface area contributed by atoms with Crippen LogP contribution in [0.15, 0.2) is 60.9 Å². The number of fused-ring (bicyclic) bond motifs is 12. The smallest absolute Gasteiger partial charge is 0.410 e. The Morgan fingerprint density at radius 1 is 0.750 bits per heavy atom. The second-order valence-corrected chi connectivity index (χ2v) is 18.9. The summed E-state index contributed by atoms with van der Waals surface area (Å²) in [7, 11) is 2.04. The van der Waals surface area contributed by atoms with Crippen LogP contribution in [-0.2, 0) is 48.3 Å². The maximum Gasteiger partial charge on any atom is 0.410 e. The lowest BCUT2D eigenvalue weighted by Crippen LogP contribution is -2.67. The molecule has 8 heterocycles. The number of hydrogen-bond donors (Lipinski definition) is 4. The zero-order chi connectivity index (χ0) is 44.3. The lowest BCUT2D eigenvalue weighted by Gasteiger charge is -2.51. The molecule has 326 valence electrons. The number of carbonyl (C=O) groups excluding carboxylic acids is 3. The monoisotopic (exact) mass is 864 g/mol. The fourth-order valence-corrected chi connectivity index (χ4v) is 10.4. The number of ether oxygens (including phenoxy) is 1. The van der Waals surface area contributed by atoms with Crippen LogP contribution >= 0.6 is 0 Å². The Labute approximate surface area is 367 Å². The number of nitrogens with zero attached hydrogens (tertiary/aromatic N) is 6. The molecule has 2 saturated heterocycles. The van der Waals surface area contributed by atoms with Crippen LogP contribution in [0.1, 0.15) is 75.1 Å². The average Bonchev–Trinajstić information content (AvgIpc) is 3.80. The molecule has 3 amide bonds. The third kappa shape index (κ3) is 6.32. The molecule has 64 heavy (non-hydrogen) atoms. The van der Waals surface area contributed by atoms with Gasteiger partial charge in [0.05, 0.1) is 44.7 Å². The first-order valence-corrected chi connectivity index (χ1v) is 21.7. The first-order chi connectivity index (χ1) is 30.7. The van der Waals surface area contributed by atoms with Crippen LogP contribution < -0.4 is 16.0 Å². The second-order valence-electron chi connectivity index (χ2n) is 18.9. The van der Waals surface area contributed by atoms with Gasteiger partial charge in [0.1, 0.15) is 17.2 Å². The van der Waals surface area contributed by atoms with Crippen molar-refractivity contribution in [1.29, 1.82) is 0 Å². The largest absolute Gasteiger partial charge is 0.444 e. The third-order valence-corrected chi connectivity index (χ3v) is 13.5. The van der Waals surface area contributed by atoms with Gasteiger partial charge in [0.25, 0.3) is 11.8 Å². The van der Waals surface area contributed by atoms with E-state index in [0.717, 1.165) is 87.9 Å².